The van der Waals surface area contributed by atoms with E-state index in [4.69, 9.17) is 10.5 Å². The molecule has 9 nitrogen and oxygen atoms in total. The zero-order chi connectivity index (χ0) is 28.6. The summed E-state index contributed by atoms with van der Waals surface area (Å²) in [6, 6.07) is 26.5. The molecule has 1 heterocycles. The van der Waals surface area contributed by atoms with Crippen molar-refractivity contribution in [1.29, 1.82) is 0 Å². The Bertz CT molecular complexity index is 1010. The molecule has 0 spiro atoms. The molecule has 38 heavy (non-hydrogen) atoms. The number of anilines is 1. The first-order valence-corrected chi connectivity index (χ1v) is 12.0. The summed E-state index contributed by atoms with van der Waals surface area (Å²) in [5.74, 6) is 0. The second kappa shape index (κ2) is 22.1. The largest absolute Gasteiger partial charge is 0.399 e. The van der Waals surface area contributed by atoms with Gasteiger partial charge in [0.25, 0.3) is 0 Å². The van der Waals surface area contributed by atoms with E-state index in [1.54, 1.807) is 29.3 Å². The van der Waals surface area contributed by atoms with Crippen molar-refractivity contribution in [2.24, 2.45) is 5.18 Å². The van der Waals surface area contributed by atoms with Crippen LogP contribution in [0, 0.1) is 11.8 Å². The molecule has 0 unspecified atom stereocenters. The lowest BCUT2D eigenvalue weighted by atomic mass is 10.2. The fourth-order valence-electron chi connectivity index (χ4n) is 2.73. The molecule has 1 aliphatic heterocycles. The van der Waals surface area contributed by atoms with Gasteiger partial charge in [-0.1, -0.05) is 73.2 Å². The molecule has 1 saturated heterocycles. The number of rotatable bonds is 5. The van der Waals surface area contributed by atoms with Crippen molar-refractivity contribution in [2.45, 2.75) is 13.8 Å². The Morgan fingerprint density at radius 2 is 1.63 bits per heavy atom. The zero-order valence-corrected chi connectivity index (χ0v) is 22.7. The van der Waals surface area contributed by atoms with Gasteiger partial charge in [0.2, 0.25) is 0 Å². The predicted octanol–water partition coefficient (Wildman–Crippen LogP) is 4.60. The molecule has 4 rings (SSSR count). The van der Waals surface area contributed by atoms with Crippen molar-refractivity contribution in [3.8, 4) is 0 Å². The molecule has 1 aliphatic rings. The highest BCUT2D eigenvalue weighted by Gasteiger charge is 2.17. The van der Waals surface area contributed by atoms with E-state index in [1.165, 1.54) is 5.56 Å². The van der Waals surface area contributed by atoms with Gasteiger partial charge in [0, 0.05) is 5.69 Å². The molecule has 9 heteroatoms. The van der Waals surface area contributed by atoms with Crippen molar-refractivity contribution in [3.63, 3.8) is 0 Å². The van der Waals surface area contributed by atoms with E-state index in [-0.39, 0.29) is 0 Å². The Hall–Kier alpha value is -4.18. The Morgan fingerprint density at radius 1 is 1.05 bits per heavy atom. The van der Waals surface area contributed by atoms with Crippen LogP contribution < -0.4 is 16.5 Å². The number of allylic oxidation sites excluding steroid dienone is 1. The monoisotopic (exact) mass is 520 g/mol. The number of nitrogens with zero attached hydrogens (tertiary/aromatic N) is 3. The Morgan fingerprint density at radius 3 is 2.00 bits per heavy atom. The van der Waals surface area contributed by atoms with Gasteiger partial charge >= 0.3 is 0 Å². The zero-order valence-electron chi connectivity index (χ0n) is 22.7. The molecule has 4 N–H and O–H groups in total. The molecule has 204 valence electrons. The van der Waals surface area contributed by atoms with Gasteiger partial charge in [0.05, 0.1) is 19.0 Å². The van der Waals surface area contributed by atoms with Crippen LogP contribution in [0.15, 0.2) is 95.8 Å². The molecule has 0 amide bonds. The number of aldehydes is 1. The maximum Gasteiger partial charge on any atom is 0.167 e. The lowest BCUT2D eigenvalue weighted by Gasteiger charge is -2.16. The first-order valence-electron chi connectivity index (χ1n) is 12.0. The second-order valence-corrected chi connectivity index (χ2v) is 7.89. The number of nitrogens with two attached hydrogens (primary N) is 1. The SMILES string of the molecule is C=O.CCNC.CN1CNN(/C(C=O)=C\c2cccc(N=O)c2)C1.Cc1ccccc1.Nc1ccccc1. The molecule has 3 aromatic carbocycles. The van der Waals surface area contributed by atoms with Crippen LogP contribution in [0.25, 0.3) is 6.08 Å². The van der Waals surface area contributed by atoms with Gasteiger partial charge in [-0.05, 0) is 68.6 Å². The number of nitrogens with one attached hydrogen (secondary N) is 2. The minimum atomic E-state index is 0.348. The third kappa shape index (κ3) is 15.7. The normalized spacial score (nSPS) is 12.1. The highest BCUT2D eigenvalue weighted by molar-refractivity contribution is 5.81. The second-order valence-electron chi connectivity index (χ2n) is 7.89. The van der Waals surface area contributed by atoms with E-state index in [0.717, 1.165) is 24.1 Å². The van der Waals surface area contributed by atoms with Crippen molar-refractivity contribution in [1.82, 2.24) is 20.7 Å². The summed E-state index contributed by atoms with van der Waals surface area (Å²) < 4.78 is 0. The maximum absolute atomic E-state index is 11.1. The van der Waals surface area contributed by atoms with Crippen LogP contribution in [0.5, 0.6) is 0 Å². The minimum absolute atomic E-state index is 0.348. The summed E-state index contributed by atoms with van der Waals surface area (Å²) in [7, 11) is 3.88. The van der Waals surface area contributed by atoms with E-state index in [9.17, 15) is 9.70 Å². The van der Waals surface area contributed by atoms with E-state index in [1.807, 2.05) is 80.4 Å². The van der Waals surface area contributed by atoms with Crippen molar-refractivity contribution in [2.75, 3.05) is 39.7 Å². The lowest BCUT2D eigenvalue weighted by Crippen LogP contribution is -2.30. The first-order chi connectivity index (χ1) is 18.4. The quantitative estimate of drug-likeness (QED) is 0.193. The van der Waals surface area contributed by atoms with Crippen LogP contribution in [-0.4, -0.2) is 57.0 Å². The van der Waals surface area contributed by atoms with Crippen LogP contribution in [0.4, 0.5) is 11.4 Å². The average molecular weight is 521 g/mol. The van der Waals surface area contributed by atoms with Gasteiger partial charge < -0.3 is 15.8 Å². The Labute approximate surface area is 226 Å². The molecule has 0 aliphatic carbocycles. The highest BCUT2D eigenvalue weighted by Crippen LogP contribution is 2.17. The maximum atomic E-state index is 11.1. The number of aryl methyl sites for hydroxylation is 1. The molecular formula is C29H40N6O3. The predicted molar refractivity (Wildman–Crippen MR) is 157 cm³/mol. The summed E-state index contributed by atoms with van der Waals surface area (Å²) in [5, 5.41) is 7.56. The summed E-state index contributed by atoms with van der Waals surface area (Å²) in [5.41, 5.74) is 12.2. The number of para-hydroxylation sites is 1. The summed E-state index contributed by atoms with van der Waals surface area (Å²) in [4.78, 5) is 31.6. The summed E-state index contributed by atoms with van der Waals surface area (Å²) >= 11 is 0. The summed E-state index contributed by atoms with van der Waals surface area (Å²) in [6.07, 6.45) is 2.50. The average Bonchev–Trinajstić information content (AvgIpc) is 3.40. The number of hydrogen-bond acceptors (Lipinski definition) is 9. The van der Waals surface area contributed by atoms with E-state index >= 15 is 0 Å². The van der Waals surface area contributed by atoms with Gasteiger partial charge in [-0.15, -0.1) is 4.91 Å². The van der Waals surface area contributed by atoms with Crippen LogP contribution in [0.1, 0.15) is 18.1 Å². The smallest absolute Gasteiger partial charge is 0.167 e. The number of benzene rings is 3. The number of hydrogen-bond donors (Lipinski definition) is 3. The van der Waals surface area contributed by atoms with Crippen LogP contribution in [0.3, 0.4) is 0 Å². The number of hydrazine groups is 1. The van der Waals surface area contributed by atoms with Gasteiger partial charge in [-0.2, -0.15) is 0 Å². The topological polar surface area (TPSA) is 120 Å². The van der Waals surface area contributed by atoms with Crippen molar-refractivity contribution >= 4 is 30.5 Å². The Kier molecular flexibility index (Phi) is 19.6. The van der Waals surface area contributed by atoms with Crippen molar-refractivity contribution in [3.05, 3.63) is 107 Å². The molecule has 0 bridgehead atoms. The number of nitroso groups, excluding NO2 is 1. The molecule has 0 radical (unpaired) electrons. The third-order valence-corrected chi connectivity index (χ3v) is 4.73. The standard InChI is InChI=1S/C12H14N4O2.C7H8.C6H7N.C3H9N.CH2O/c1-15-8-13-16(9-15)12(7-17)6-10-3-2-4-11(5-10)14-18;1-7-5-3-2-4-6-7;7-6-4-2-1-3-5-6;1-3-4-2;1-2/h2-7,13H,8-9H2,1H3;2-6H,1H3;1-5H,7H2;4H,3H2,1-2H3;1H2/b12-6-;;;;. The van der Waals surface area contributed by atoms with Crippen LogP contribution >= 0.6 is 0 Å². The molecule has 0 atom stereocenters. The number of nitrogen functional groups attached to an aromatic ring is 1. The molecular weight excluding hydrogens is 480 g/mol. The van der Waals surface area contributed by atoms with E-state index in [0.29, 0.717) is 24.7 Å². The van der Waals surface area contributed by atoms with Gasteiger partial charge in [-0.3, -0.25) is 14.7 Å². The highest BCUT2D eigenvalue weighted by atomic mass is 16.3. The van der Waals surface area contributed by atoms with Gasteiger partial charge in [0.1, 0.15) is 12.5 Å². The molecule has 0 saturated carbocycles. The number of carbonyl (C=O) groups is 2. The fraction of sp³-hybridized carbons (Fsp3) is 0.241. The Balaban J connectivity index is 0.000000562. The van der Waals surface area contributed by atoms with Crippen LogP contribution in [-0.2, 0) is 9.59 Å². The molecule has 3 aromatic rings. The molecule has 0 aromatic heterocycles. The van der Waals surface area contributed by atoms with E-state index < -0.39 is 0 Å². The van der Waals surface area contributed by atoms with E-state index in [2.05, 4.69) is 41.9 Å². The van der Waals surface area contributed by atoms with Crippen LogP contribution in [0.2, 0.25) is 0 Å². The summed E-state index contributed by atoms with van der Waals surface area (Å²) in [6.45, 7) is 8.55. The number of carbonyl (C=O) groups excluding carboxylic acids is 2. The third-order valence-electron chi connectivity index (χ3n) is 4.73. The fourth-order valence-corrected chi connectivity index (χ4v) is 2.73. The van der Waals surface area contributed by atoms with Crippen molar-refractivity contribution < 1.29 is 9.59 Å². The first kappa shape index (κ1) is 33.8. The van der Waals surface area contributed by atoms with Gasteiger partial charge in [0.15, 0.2) is 6.29 Å². The minimum Gasteiger partial charge on any atom is -0.399 e. The lowest BCUT2D eigenvalue weighted by molar-refractivity contribution is -0.106. The van der Waals surface area contributed by atoms with Gasteiger partial charge in [-0.25, -0.2) is 5.43 Å². The molecule has 1 fully saturated rings.